The Morgan fingerprint density at radius 3 is 2.85 bits per heavy atom. The van der Waals surface area contributed by atoms with Gasteiger partial charge in [-0.3, -0.25) is 4.79 Å². The summed E-state index contributed by atoms with van der Waals surface area (Å²) in [5.74, 6) is 1.14. The largest absolute Gasteiger partial charge is 0.497 e. The molecular weight excluding hydrogens is 326 g/mol. The van der Waals surface area contributed by atoms with Crippen LogP contribution >= 0.6 is 0 Å². The highest BCUT2D eigenvalue weighted by atomic mass is 16.5. The molecule has 3 aromatic rings. The van der Waals surface area contributed by atoms with Crippen molar-refractivity contribution in [3.63, 3.8) is 0 Å². The number of carbonyl (C=O) groups excluding carboxylic acids is 1. The van der Waals surface area contributed by atoms with Crippen LogP contribution in [0.3, 0.4) is 0 Å². The first kappa shape index (κ1) is 18.0. The summed E-state index contributed by atoms with van der Waals surface area (Å²) in [6.07, 6.45) is 4.20. The lowest BCUT2D eigenvalue weighted by atomic mass is 9.92. The van der Waals surface area contributed by atoms with Gasteiger partial charge >= 0.3 is 0 Å². The number of pyridine rings is 1. The van der Waals surface area contributed by atoms with Gasteiger partial charge < -0.3 is 14.5 Å². The van der Waals surface area contributed by atoms with Crippen LogP contribution in [0.2, 0.25) is 0 Å². The smallest absolute Gasteiger partial charge is 0.221 e. The van der Waals surface area contributed by atoms with Crippen molar-refractivity contribution in [3.8, 4) is 5.75 Å². The zero-order valence-corrected chi connectivity index (χ0v) is 15.5. The topological polar surface area (TPSA) is 55.6 Å². The van der Waals surface area contributed by atoms with E-state index in [0.29, 0.717) is 18.9 Å². The van der Waals surface area contributed by atoms with Crippen LogP contribution in [0.4, 0.5) is 0 Å². The van der Waals surface area contributed by atoms with Crippen LogP contribution in [0.15, 0.2) is 54.9 Å². The fourth-order valence-electron chi connectivity index (χ4n) is 3.04. The Hall–Kier alpha value is -2.82. The number of carbonyl (C=O) groups is 1. The molecule has 0 radical (unpaired) electrons. The molecule has 0 bridgehead atoms. The van der Waals surface area contributed by atoms with E-state index in [1.165, 1.54) is 0 Å². The van der Waals surface area contributed by atoms with Crippen molar-refractivity contribution >= 4 is 11.6 Å². The van der Waals surface area contributed by atoms with Crippen molar-refractivity contribution in [1.82, 2.24) is 14.7 Å². The Morgan fingerprint density at radius 2 is 2.08 bits per heavy atom. The van der Waals surface area contributed by atoms with E-state index >= 15 is 0 Å². The molecule has 1 atom stereocenters. The van der Waals surface area contributed by atoms with Gasteiger partial charge in [-0.2, -0.15) is 0 Å². The first-order chi connectivity index (χ1) is 12.6. The minimum absolute atomic E-state index is 0.0393. The summed E-state index contributed by atoms with van der Waals surface area (Å²) in [5.41, 5.74) is 2.90. The predicted molar refractivity (Wildman–Crippen MR) is 102 cm³/mol. The number of rotatable bonds is 7. The van der Waals surface area contributed by atoms with Crippen LogP contribution < -0.4 is 10.1 Å². The molecule has 26 heavy (non-hydrogen) atoms. The van der Waals surface area contributed by atoms with E-state index in [1.54, 1.807) is 7.11 Å². The normalized spacial score (nSPS) is 12.3. The van der Waals surface area contributed by atoms with E-state index in [-0.39, 0.29) is 11.8 Å². The van der Waals surface area contributed by atoms with Gasteiger partial charge in [0.25, 0.3) is 0 Å². The van der Waals surface area contributed by atoms with Gasteiger partial charge in [0.05, 0.1) is 12.8 Å². The quantitative estimate of drug-likeness (QED) is 0.707. The molecule has 2 heterocycles. The number of imidazole rings is 1. The van der Waals surface area contributed by atoms with Crippen LogP contribution in [-0.4, -0.2) is 28.9 Å². The number of nitrogens with one attached hydrogen (secondary N) is 1. The minimum atomic E-state index is -0.102. The number of fused-ring (bicyclic) bond motifs is 1. The number of benzene rings is 1. The first-order valence-corrected chi connectivity index (χ1v) is 8.91. The maximum Gasteiger partial charge on any atom is 0.221 e. The third kappa shape index (κ3) is 4.04. The summed E-state index contributed by atoms with van der Waals surface area (Å²) in [5, 5.41) is 3.02. The van der Waals surface area contributed by atoms with Crippen LogP contribution in [0.25, 0.3) is 5.65 Å². The fraction of sp³-hybridized carbons (Fsp3) is 0.333. The Balaban J connectivity index is 1.97. The molecule has 0 aliphatic heterocycles. The molecule has 0 saturated heterocycles. The summed E-state index contributed by atoms with van der Waals surface area (Å²) < 4.78 is 7.41. The van der Waals surface area contributed by atoms with E-state index in [0.717, 1.165) is 22.7 Å². The van der Waals surface area contributed by atoms with E-state index in [2.05, 4.69) is 24.1 Å². The molecule has 0 fully saturated rings. The third-order valence-electron chi connectivity index (χ3n) is 4.40. The number of methoxy groups -OCH3 is 1. The summed E-state index contributed by atoms with van der Waals surface area (Å²) in [4.78, 5) is 17.0. The zero-order chi connectivity index (χ0) is 18.5. The molecule has 2 aromatic heterocycles. The monoisotopic (exact) mass is 351 g/mol. The molecule has 0 spiro atoms. The zero-order valence-electron chi connectivity index (χ0n) is 15.5. The average molecular weight is 351 g/mol. The Labute approximate surface area is 154 Å². The van der Waals surface area contributed by atoms with Crippen LogP contribution in [0, 0.1) is 5.92 Å². The highest BCUT2D eigenvalue weighted by molar-refractivity contribution is 5.77. The summed E-state index contributed by atoms with van der Waals surface area (Å²) in [6, 6.07) is 13.8. The molecule has 1 N–H and O–H groups in total. The molecule has 3 rings (SSSR count). The van der Waals surface area contributed by atoms with Crippen molar-refractivity contribution in [2.75, 3.05) is 13.7 Å². The van der Waals surface area contributed by atoms with Gasteiger partial charge in [0.15, 0.2) is 0 Å². The Bertz CT molecular complexity index is 886. The van der Waals surface area contributed by atoms with Gasteiger partial charge in [-0.1, -0.05) is 32.0 Å². The molecule has 136 valence electrons. The van der Waals surface area contributed by atoms with Crippen LogP contribution in [-0.2, 0) is 4.79 Å². The molecule has 0 saturated carbocycles. The van der Waals surface area contributed by atoms with Gasteiger partial charge in [-0.25, -0.2) is 4.98 Å². The predicted octanol–water partition coefficient (Wildman–Crippen LogP) is 3.64. The lowest BCUT2D eigenvalue weighted by Crippen LogP contribution is -2.29. The van der Waals surface area contributed by atoms with Gasteiger partial charge in [0, 0.05) is 31.3 Å². The second-order valence-corrected chi connectivity index (χ2v) is 6.84. The molecule has 5 nitrogen and oxygen atoms in total. The molecular formula is C21H25N3O2. The van der Waals surface area contributed by atoms with Gasteiger partial charge in [0.1, 0.15) is 11.4 Å². The highest BCUT2D eigenvalue weighted by Crippen LogP contribution is 2.30. The summed E-state index contributed by atoms with van der Waals surface area (Å²) in [7, 11) is 1.65. The minimum Gasteiger partial charge on any atom is -0.497 e. The molecule has 1 aromatic carbocycles. The lowest BCUT2D eigenvalue weighted by molar-refractivity contribution is -0.121. The van der Waals surface area contributed by atoms with E-state index in [4.69, 9.17) is 4.74 Å². The Kier molecular flexibility index (Phi) is 5.56. The molecule has 1 unspecified atom stereocenters. The van der Waals surface area contributed by atoms with Crippen LogP contribution in [0.5, 0.6) is 5.75 Å². The fourth-order valence-corrected chi connectivity index (χ4v) is 3.04. The number of ether oxygens (including phenoxy) is 1. The molecule has 0 aliphatic rings. The number of amides is 1. The molecule has 5 heteroatoms. The maximum absolute atomic E-state index is 12.5. The lowest BCUT2D eigenvalue weighted by Gasteiger charge is -2.18. The highest BCUT2D eigenvalue weighted by Gasteiger charge is 2.22. The van der Waals surface area contributed by atoms with Crippen molar-refractivity contribution in [2.24, 2.45) is 5.92 Å². The van der Waals surface area contributed by atoms with Gasteiger partial charge in [0.2, 0.25) is 5.91 Å². The van der Waals surface area contributed by atoms with Crippen molar-refractivity contribution < 1.29 is 9.53 Å². The van der Waals surface area contributed by atoms with Crippen molar-refractivity contribution in [2.45, 2.75) is 26.2 Å². The van der Waals surface area contributed by atoms with E-state index in [9.17, 15) is 4.79 Å². The number of hydrogen-bond donors (Lipinski definition) is 1. The van der Waals surface area contributed by atoms with Crippen molar-refractivity contribution in [1.29, 1.82) is 0 Å². The van der Waals surface area contributed by atoms with Gasteiger partial charge in [-0.05, 0) is 35.7 Å². The average Bonchev–Trinajstić information content (AvgIpc) is 3.08. The maximum atomic E-state index is 12.5. The van der Waals surface area contributed by atoms with E-state index < -0.39 is 0 Å². The number of hydrogen-bond acceptors (Lipinski definition) is 3. The molecule has 0 aliphatic carbocycles. The second-order valence-electron chi connectivity index (χ2n) is 6.84. The van der Waals surface area contributed by atoms with Crippen molar-refractivity contribution in [3.05, 3.63) is 66.1 Å². The van der Waals surface area contributed by atoms with E-state index in [1.807, 2.05) is 59.3 Å². The summed E-state index contributed by atoms with van der Waals surface area (Å²) >= 11 is 0. The molecule has 1 amide bonds. The standard InChI is InChI=1S/C21H25N3O2/c1-15(2)13-23-21(25)12-18(16-7-6-8-17(11-16)26-3)19-14-22-20-9-4-5-10-24(19)20/h4-11,14-15,18H,12-13H2,1-3H3,(H,23,25). The SMILES string of the molecule is COc1cccc(C(CC(=O)NCC(C)C)c2cnc3ccccn23)c1. The van der Waals surface area contributed by atoms with Crippen LogP contribution in [0.1, 0.15) is 37.4 Å². The Morgan fingerprint density at radius 1 is 1.23 bits per heavy atom. The summed E-state index contributed by atoms with van der Waals surface area (Å²) in [6.45, 7) is 4.85. The first-order valence-electron chi connectivity index (χ1n) is 8.91. The second kappa shape index (κ2) is 8.04. The van der Waals surface area contributed by atoms with Gasteiger partial charge in [-0.15, -0.1) is 0 Å². The third-order valence-corrected chi connectivity index (χ3v) is 4.40. The number of aromatic nitrogens is 2. The number of nitrogens with zero attached hydrogens (tertiary/aromatic N) is 2.